The summed E-state index contributed by atoms with van der Waals surface area (Å²) >= 11 is 0. The van der Waals surface area contributed by atoms with Gasteiger partial charge in [-0.3, -0.25) is 10.6 Å². The average molecular weight is 143 g/mol. The molecule has 0 aromatic carbocycles. The fraction of sp³-hybridized carbons (Fsp3) is 0.833. The van der Waals surface area contributed by atoms with Crippen LogP contribution in [0.15, 0.2) is 0 Å². The Balaban J connectivity index is 2.32. The minimum atomic E-state index is 0.0613. The lowest BCUT2D eigenvalue weighted by Gasteiger charge is -2.30. The lowest BCUT2D eigenvalue weighted by Crippen LogP contribution is -2.51. The molecule has 0 saturated carbocycles. The van der Waals surface area contributed by atoms with Gasteiger partial charge < -0.3 is 5.32 Å². The van der Waals surface area contributed by atoms with Crippen molar-refractivity contribution in [3.63, 3.8) is 0 Å². The minimum Gasteiger partial charge on any atom is -0.342 e. The van der Waals surface area contributed by atoms with Gasteiger partial charge in [0, 0.05) is 6.54 Å². The number of hydrogen-bond acceptors (Lipinski definition) is 3. The van der Waals surface area contributed by atoms with E-state index in [1.165, 1.54) is 0 Å². The van der Waals surface area contributed by atoms with Crippen molar-refractivity contribution in [3.05, 3.63) is 0 Å². The van der Waals surface area contributed by atoms with E-state index in [1.54, 1.807) is 5.01 Å². The number of nitrogens with two attached hydrogens (primary N) is 1. The molecule has 3 N–H and O–H groups in total. The summed E-state index contributed by atoms with van der Waals surface area (Å²) in [6.07, 6.45) is 4.02. The van der Waals surface area contributed by atoms with Crippen LogP contribution in [-0.2, 0) is 4.79 Å². The average Bonchev–Trinajstić information content (AvgIpc) is 1.94. The second-order valence-electron chi connectivity index (χ2n) is 2.53. The molecule has 1 unspecified atom stereocenters. The molecule has 4 heteroatoms. The quantitative estimate of drug-likeness (QED) is 0.401. The van der Waals surface area contributed by atoms with Crippen molar-refractivity contribution in [1.82, 2.24) is 10.3 Å². The second-order valence-corrected chi connectivity index (χ2v) is 2.53. The van der Waals surface area contributed by atoms with Gasteiger partial charge in [-0.2, -0.15) is 0 Å². The van der Waals surface area contributed by atoms with Gasteiger partial charge in [0.25, 0.3) is 0 Å². The third-order valence-electron chi connectivity index (χ3n) is 1.80. The van der Waals surface area contributed by atoms with E-state index in [2.05, 4.69) is 5.32 Å². The molecule has 1 fully saturated rings. The lowest BCUT2D eigenvalue weighted by molar-refractivity contribution is -0.111. The molecular formula is C6H13N3O. The predicted octanol–water partition coefficient (Wildman–Crippen LogP) is -0.582. The Morgan fingerprint density at radius 2 is 2.40 bits per heavy atom. The van der Waals surface area contributed by atoms with Gasteiger partial charge in [-0.1, -0.05) is 0 Å². The molecule has 0 aromatic rings. The van der Waals surface area contributed by atoms with E-state index >= 15 is 0 Å². The summed E-state index contributed by atoms with van der Waals surface area (Å²) in [7, 11) is 0. The molecule has 0 aromatic heterocycles. The third kappa shape index (κ3) is 1.68. The zero-order valence-corrected chi connectivity index (χ0v) is 5.92. The Bertz CT molecular complexity index is 118. The topological polar surface area (TPSA) is 58.4 Å². The largest absolute Gasteiger partial charge is 0.342 e. The summed E-state index contributed by atoms with van der Waals surface area (Å²) in [5.74, 6) is 5.58. The second kappa shape index (κ2) is 3.53. The first-order chi connectivity index (χ1) is 4.84. The molecule has 0 spiro atoms. The monoisotopic (exact) mass is 143 g/mol. The number of nitrogens with zero attached hydrogens (tertiary/aromatic N) is 1. The van der Waals surface area contributed by atoms with Gasteiger partial charge >= 0.3 is 0 Å². The molecule has 1 rings (SSSR count). The summed E-state index contributed by atoms with van der Waals surface area (Å²) in [6.45, 7) is 0.880. The summed E-state index contributed by atoms with van der Waals surface area (Å²) in [5.41, 5.74) is 0. The fourth-order valence-electron chi connectivity index (χ4n) is 1.21. The van der Waals surface area contributed by atoms with Gasteiger partial charge in [0.05, 0.1) is 6.17 Å². The van der Waals surface area contributed by atoms with Crippen LogP contribution in [0.5, 0.6) is 0 Å². The third-order valence-corrected chi connectivity index (χ3v) is 1.80. The number of carbonyl (C=O) groups excluding carboxylic acids is 1. The van der Waals surface area contributed by atoms with Crippen LogP contribution in [0.1, 0.15) is 19.3 Å². The molecule has 0 radical (unpaired) electrons. The van der Waals surface area contributed by atoms with E-state index in [0.717, 1.165) is 25.8 Å². The van der Waals surface area contributed by atoms with Gasteiger partial charge in [0.15, 0.2) is 0 Å². The highest BCUT2D eigenvalue weighted by atomic mass is 16.1. The van der Waals surface area contributed by atoms with Gasteiger partial charge in [0.1, 0.15) is 0 Å². The van der Waals surface area contributed by atoms with Crippen LogP contribution in [0.3, 0.4) is 0 Å². The van der Waals surface area contributed by atoms with E-state index in [-0.39, 0.29) is 6.17 Å². The van der Waals surface area contributed by atoms with Crippen LogP contribution >= 0.6 is 0 Å². The highest BCUT2D eigenvalue weighted by Crippen LogP contribution is 2.09. The Morgan fingerprint density at radius 1 is 1.60 bits per heavy atom. The normalized spacial score (nSPS) is 27.9. The molecule has 1 atom stereocenters. The molecule has 1 amide bonds. The van der Waals surface area contributed by atoms with Crippen LogP contribution in [0.4, 0.5) is 0 Å². The highest BCUT2D eigenvalue weighted by Gasteiger charge is 2.17. The number of hydrazine groups is 1. The predicted molar refractivity (Wildman–Crippen MR) is 37.7 cm³/mol. The Morgan fingerprint density at radius 3 is 3.00 bits per heavy atom. The molecule has 0 aliphatic carbocycles. The molecular weight excluding hydrogens is 130 g/mol. The maximum Gasteiger partial charge on any atom is 0.208 e. The highest BCUT2D eigenvalue weighted by molar-refractivity contribution is 5.46. The van der Waals surface area contributed by atoms with Gasteiger partial charge in [-0.05, 0) is 19.3 Å². The zero-order chi connectivity index (χ0) is 7.40. The van der Waals surface area contributed by atoms with Crippen LogP contribution in [0.2, 0.25) is 0 Å². The Labute approximate surface area is 60.3 Å². The van der Waals surface area contributed by atoms with E-state index in [4.69, 9.17) is 5.84 Å². The van der Waals surface area contributed by atoms with Gasteiger partial charge in [-0.15, -0.1) is 0 Å². The van der Waals surface area contributed by atoms with Crippen molar-refractivity contribution in [2.24, 2.45) is 5.84 Å². The van der Waals surface area contributed by atoms with Crippen molar-refractivity contribution in [3.8, 4) is 0 Å². The molecule has 1 aliphatic rings. The standard InChI is InChI=1S/C6H13N3O/c7-9-4-2-1-3-6(9)8-5-10/h5-6H,1-4,7H2,(H,8,10). The molecule has 4 nitrogen and oxygen atoms in total. The zero-order valence-electron chi connectivity index (χ0n) is 5.92. The van der Waals surface area contributed by atoms with Crippen molar-refractivity contribution >= 4 is 6.41 Å². The van der Waals surface area contributed by atoms with E-state index in [0.29, 0.717) is 6.41 Å². The summed E-state index contributed by atoms with van der Waals surface area (Å²) < 4.78 is 0. The van der Waals surface area contributed by atoms with E-state index in [1.807, 2.05) is 0 Å². The maximum absolute atomic E-state index is 10.0. The smallest absolute Gasteiger partial charge is 0.208 e. The number of hydrogen-bond donors (Lipinski definition) is 2. The maximum atomic E-state index is 10.0. The Kier molecular flexibility index (Phi) is 2.65. The van der Waals surface area contributed by atoms with Crippen LogP contribution in [0.25, 0.3) is 0 Å². The van der Waals surface area contributed by atoms with Crippen molar-refractivity contribution in [1.29, 1.82) is 0 Å². The van der Waals surface area contributed by atoms with Crippen LogP contribution < -0.4 is 11.2 Å². The summed E-state index contributed by atoms with van der Waals surface area (Å²) in [6, 6.07) is 0. The van der Waals surface area contributed by atoms with Gasteiger partial charge in [-0.25, -0.2) is 5.01 Å². The number of amides is 1. The molecule has 10 heavy (non-hydrogen) atoms. The fourth-order valence-corrected chi connectivity index (χ4v) is 1.21. The summed E-state index contributed by atoms with van der Waals surface area (Å²) in [4.78, 5) is 10.0. The number of nitrogens with one attached hydrogen (secondary N) is 1. The SMILES string of the molecule is NN1CCCCC1NC=O. The molecule has 0 bridgehead atoms. The van der Waals surface area contributed by atoms with E-state index < -0.39 is 0 Å². The van der Waals surface area contributed by atoms with Crippen molar-refractivity contribution < 1.29 is 4.79 Å². The number of carbonyl (C=O) groups is 1. The molecule has 58 valence electrons. The minimum absolute atomic E-state index is 0.0613. The van der Waals surface area contributed by atoms with Gasteiger partial charge in [0.2, 0.25) is 6.41 Å². The first-order valence-electron chi connectivity index (χ1n) is 3.55. The van der Waals surface area contributed by atoms with Crippen molar-refractivity contribution in [2.75, 3.05) is 6.54 Å². The summed E-state index contributed by atoms with van der Waals surface area (Å²) in [5, 5.41) is 4.33. The molecule has 1 heterocycles. The first kappa shape index (κ1) is 7.50. The number of piperidine rings is 1. The van der Waals surface area contributed by atoms with Crippen LogP contribution in [-0.4, -0.2) is 24.1 Å². The molecule has 1 aliphatic heterocycles. The lowest BCUT2D eigenvalue weighted by atomic mass is 10.1. The molecule has 1 saturated heterocycles. The van der Waals surface area contributed by atoms with Crippen molar-refractivity contribution in [2.45, 2.75) is 25.4 Å². The number of rotatable bonds is 2. The van der Waals surface area contributed by atoms with E-state index in [9.17, 15) is 4.79 Å². The Hall–Kier alpha value is -0.610. The van der Waals surface area contributed by atoms with Crippen LogP contribution in [0, 0.1) is 0 Å². The first-order valence-corrected chi connectivity index (χ1v) is 3.55.